The third-order valence-corrected chi connectivity index (χ3v) is 3.36. The van der Waals surface area contributed by atoms with Gasteiger partial charge in [0.15, 0.2) is 0 Å². The fourth-order valence-corrected chi connectivity index (χ4v) is 2.45. The Bertz CT molecular complexity index is 365. The van der Waals surface area contributed by atoms with Gasteiger partial charge < -0.3 is 0 Å². The molecule has 1 aromatic rings. The summed E-state index contributed by atoms with van der Waals surface area (Å²) in [6.45, 7) is 0. The van der Waals surface area contributed by atoms with Gasteiger partial charge in [-0.2, -0.15) is 10.1 Å². The van der Waals surface area contributed by atoms with Gasteiger partial charge in [-0.3, -0.25) is 0 Å². The summed E-state index contributed by atoms with van der Waals surface area (Å²) >= 11 is 0. The van der Waals surface area contributed by atoms with Gasteiger partial charge in [0.05, 0.1) is 11.9 Å². The van der Waals surface area contributed by atoms with E-state index in [4.69, 9.17) is 0 Å². The topological polar surface area (TPSA) is 58.6 Å². The highest BCUT2D eigenvalue weighted by molar-refractivity contribution is 5.01. The molecule has 1 N–H and O–H groups in total. The second kappa shape index (κ2) is 5.77. The van der Waals surface area contributed by atoms with Gasteiger partial charge in [-0.1, -0.05) is 38.5 Å². The normalized spacial score (nSPS) is 19.8. The maximum absolute atomic E-state index is 11.1. The van der Waals surface area contributed by atoms with E-state index in [9.17, 15) is 4.79 Å². The molecule has 1 aliphatic carbocycles. The Morgan fingerprint density at radius 2 is 1.69 bits per heavy atom. The molecule has 1 saturated carbocycles. The summed E-state index contributed by atoms with van der Waals surface area (Å²) in [5.74, 6) is 0.438. The average Bonchev–Trinajstić information content (AvgIpc) is 2.42. The zero-order valence-electron chi connectivity index (χ0n) is 9.61. The van der Waals surface area contributed by atoms with Crippen LogP contribution in [0.3, 0.4) is 0 Å². The Labute approximate surface area is 95.5 Å². The number of aromatic amines is 1. The number of H-pyrrole nitrogens is 1. The number of aromatic nitrogens is 3. The van der Waals surface area contributed by atoms with Crippen molar-refractivity contribution >= 4 is 0 Å². The zero-order chi connectivity index (χ0) is 11.2. The van der Waals surface area contributed by atoms with E-state index < -0.39 is 0 Å². The summed E-state index contributed by atoms with van der Waals surface area (Å²) in [7, 11) is 0. The summed E-state index contributed by atoms with van der Waals surface area (Å²) in [5.41, 5.74) is 0.558. The van der Waals surface area contributed by atoms with E-state index in [-0.39, 0.29) is 5.69 Å². The summed E-state index contributed by atoms with van der Waals surface area (Å²) < 4.78 is 0. The van der Waals surface area contributed by atoms with Crippen molar-refractivity contribution in [1.82, 2.24) is 15.2 Å². The van der Waals surface area contributed by atoms with Crippen molar-refractivity contribution in [3.63, 3.8) is 0 Å². The van der Waals surface area contributed by atoms with Crippen molar-refractivity contribution in [2.24, 2.45) is 0 Å². The molecule has 0 aromatic carbocycles. The molecule has 1 aromatic heterocycles. The van der Waals surface area contributed by atoms with E-state index >= 15 is 0 Å². The van der Waals surface area contributed by atoms with Crippen molar-refractivity contribution < 1.29 is 0 Å². The number of rotatable bonds is 1. The fraction of sp³-hybridized carbons (Fsp3) is 0.750. The minimum Gasteiger partial charge on any atom is -0.244 e. The van der Waals surface area contributed by atoms with Crippen LogP contribution >= 0.6 is 0 Å². The Balaban J connectivity index is 2.07. The van der Waals surface area contributed by atoms with Crippen molar-refractivity contribution in [3.8, 4) is 0 Å². The highest BCUT2D eigenvalue weighted by Crippen LogP contribution is 2.28. The van der Waals surface area contributed by atoms with Crippen LogP contribution in [0.1, 0.15) is 63.0 Å². The molecule has 0 radical (unpaired) electrons. The third-order valence-electron chi connectivity index (χ3n) is 3.36. The lowest BCUT2D eigenvalue weighted by Gasteiger charge is -2.13. The highest BCUT2D eigenvalue weighted by atomic mass is 16.1. The molecule has 16 heavy (non-hydrogen) atoms. The van der Waals surface area contributed by atoms with Gasteiger partial charge in [0.25, 0.3) is 0 Å². The SMILES string of the molecule is O=c1nc(C2CCCCCCCC2)cn[nH]1. The minimum absolute atomic E-state index is 0.322. The van der Waals surface area contributed by atoms with Gasteiger partial charge >= 0.3 is 5.69 Å². The molecule has 0 aliphatic heterocycles. The predicted molar refractivity (Wildman–Crippen MR) is 62.3 cm³/mol. The van der Waals surface area contributed by atoms with Crippen LogP contribution in [-0.2, 0) is 0 Å². The minimum atomic E-state index is -0.322. The molecular formula is C12H19N3O. The molecule has 0 saturated heterocycles. The van der Waals surface area contributed by atoms with Crippen molar-refractivity contribution in [1.29, 1.82) is 0 Å². The molecular weight excluding hydrogens is 202 g/mol. The largest absolute Gasteiger partial charge is 0.361 e. The summed E-state index contributed by atoms with van der Waals surface area (Å²) in [6.07, 6.45) is 11.8. The maximum Gasteiger partial charge on any atom is 0.361 e. The van der Waals surface area contributed by atoms with Gasteiger partial charge in [0.2, 0.25) is 0 Å². The van der Waals surface area contributed by atoms with Crippen molar-refractivity contribution in [2.45, 2.75) is 57.3 Å². The molecule has 2 rings (SSSR count). The molecule has 0 atom stereocenters. The lowest BCUT2D eigenvalue weighted by molar-refractivity contribution is 0.522. The van der Waals surface area contributed by atoms with Gasteiger partial charge in [-0.15, -0.1) is 0 Å². The third kappa shape index (κ3) is 3.15. The number of hydrogen-bond donors (Lipinski definition) is 1. The fourth-order valence-electron chi connectivity index (χ4n) is 2.45. The second-order valence-corrected chi connectivity index (χ2v) is 4.61. The van der Waals surface area contributed by atoms with Crippen LogP contribution in [0.4, 0.5) is 0 Å². The first kappa shape index (κ1) is 11.3. The van der Waals surface area contributed by atoms with Crippen LogP contribution in [0.15, 0.2) is 11.0 Å². The van der Waals surface area contributed by atoms with Crippen molar-refractivity contribution in [2.75, 3.05) is 0 Å². The Kier molecular flexibility index (Phi) is 4.08. The van der Waals surface area contributed by atoms with Crippen LogP contribution < -0.4 is 5.69 Å². The summed E-state index contributed by atoms with van der Waals surface area (Å²) in [4.78, 5) is 15.2. The molecule has 0 bridgehead atoms. The monoisotopic (exact) mass is 221 g/mol. The van der Waals surface area contributed by atoms with Crippen LogP contribution in [0, 0.1) is 0 Å². The zero-order valence-corrected chi connectivity index (χ0v) is 9.61. The number of nitrogens with one attached hydrogen (secondary N) is 1. The van der Waals surface area contributed by atoms with E-state index in [0.717, 1.165) is 18.5 Å². The summed E-state index contributed by atoms with van der Waals surface area (Å²) in [6, 6.07) is 0. The Morgan fingerprint density at radius 3 is 2.31 bits per heavy atom. The number of nitrogens with zero attached hydrogens (tertiary/aromatic N) is 2. The smallest absolute Gasteiger partial charge is 0.244 e. The van der Waals surface area contributed by atoms with Gasteiger partial charge in [-0.05, 0) is 12.8 Å². The Hall–Kier alpha value is -1.19. The van der Waals surface area contributed by atoms with Crippen LogP contribution in [0.25, 0.3) is 0 Å². The van der Waals surface area contributed by atoms with E-state index in [1.54, 1.807) is 6.20 Å². The summed E-state index contributed by atoms with van der Waals surface area (Å²) in [5, 5.41) is 6.17. The van der Waals surface area contributed by atoms with Crippen LogP contribution in [-0.4, -0.2) is 15.2 Å². The van der Waals surface area contributed by atoms with Crippen LogP contribution in [0.5, 0.6) is 0 Å². The van der Waals surface area contributed by atoms with Crippen molar-refractivity contribution in [3.05, 3.63) is 22.4 Å². The highest BCUT2D eigenvalue weighted by Gasteiger charge is 2.14. The predicted octanol–water partition coefficient (Wildman–Crippen LogP) is 2.38. The Morgan fingerprint density at radius 1 is 1.06 bits per heavy atom. The molecule has 88 valence electrons. The first-order chi connectivity index (χ1) is 7.86. The van der Waals surface area contributed by atoms with Gasteiger partial charge in [0.1, 0.15) is 0 Å². The molecule has 1 aliphatic rings. The standard InChI is InChI=1S/C12H19N3O/c16-12-14-11(9-13-15-12)10-7-5-3-1-2-4-6-8-10/h9-10H,1-8H2,(H,14,15,16). The molecule has 0 spiro atoms. The second-order valence-electron chi connectivity index (χ2n) is 4.61. The van der Waals surface area contributed by atoms with E-state index in [2.05, 4.69) is 15.2 Å². The number of hydrogen-bond acceptors (Lipinski definition) is 3. The van der Waals surface area contributed by atoms with Gasteiger partial charge in [0, 0.05) is 5.92 Å². The molecule has 4 heteroatoms. The first-order valence-corrected chi connectivity index (χ1v) is 6.28. The van der Waals surface area contributed by atoms with Crippen LogP contribution in [0.2, 0.25) is 0 Å². The first-order valence-electron chi connectivity index (χ1n) is 6.28. The van der Waals surface area contributed by atoms with E-state index in [1.165, 1.54) is 38.5 Å². The molecule has 0 amide bonds. The molecule has 1 fully saturated rings. The lowest BCUT2D eigenvalue weighted by atomic mass is 9.94. The average molecular weight is 221 g/mol. The van der Waals surface area contributed by atoms with Gasteiger partial charge in [-0.25, -0.2) is 9.89 Å². The molecule has 1 heterocycles. The maximum atomic E-state index is 11.1. The lowest BCUT2D eigenvalue weighted by Crippen LogP contribution is -2.16. The quantitative estimate of drug-likeness (QED) is 0.792. The molecule has 0 unspecified atom stereocenters. The molecule has 4 nitrogen and oxygen atoms in total. The van der Waals surface area contributed by atoms with E-state index in [1.807, 2.05) is 0 Å². The van der Waals surface area contributed by atoms with E-state index in [0.29, 0.717) is 5.92 Å².